The Morgan fingerprint density at radius 2 is 2.12 bits per heavy atom. The minimum atomic E-state index is -0.287. The van der Waals surface area contributed by atoms with Crippen molar-refractivity contribution in [3.8, 4) is 0 Å². The number of carbonyl (C=O) groups excluding carboxylic acids is 1. The average molecular weight is 233 g/mol. The highest BCUT2D eigenvalue weighted by Crippen LogP contribution is 2.27. The lowest BCUT2D eigenvalue weighted by Gasteiger charge is -2.29. The second-order valence-electron chi connectivity index (χ2n) is 4.67. The molecular formula is C14H19NO2. The molecule has 0 spiro atoms. The summed E-state index contributed by atoms with van der Waals surface area (Å²) in [5.41, 5.74) is 2.30. The van der Waals surface area contributed by atoms with Gasteiger partial charge in [-0.2, -0.15) is 0 Å². The predicted molar refractivity (Wildman–Crippen MR) is 68.0 cm³/mol. The summed E-state index contributed by atoms with van der Waals surface area (Å²) in [4.78, 5) is 13.8. The Labute approximate surface area is 102 Å². The molecule has 2 rings (SSSR count). The van der Waals surface area contributed by atoms with Crippen LogP contribution in [0, 0.1) is 0 Å². The fourth-order valence-corrected chi connectivity index (χ4v) is 2.29. The van der Waals surface area contributed by atoms with E-state index in [9.17, 15) is 9.90 Å². The van der Waals surface area contributed by atoms with Gasteiger partial charge in [-0.05, 0) is 37.8 Å². The fraction of sp³-hybridized carbons (Fsp3) is 0.500. The molecule has 1 unspecified atom stereocenters. The number of hydrogen-bond acceptors (Lipinski definition) is 2. The Morgan fingerprint density at radius 3 is 2.88 bits per heavy atom. The smallest absolute Gasteiger partial charge is 0.227 e. The minimum Gasteiger partial charge on any atom is -0.393 e. The van der Waals surface area contributed by atoms with E-state index in [0.717, 1.165) is 24.9 Å². The number of carbonyl (C=O) groups is 1. The molecule has 1 aliphatic heterocycles. The number of hydrogen-bond donors (Lipinski definition) is 1. The summed E-state index contributed by atoms with van der Waals surface area (Å²) in [6, 6.07) is 8.08. The highest BCUT2D eigenvalue weighted by molar-refractivity contribution is 5.96. The molecule has 0 radical (unpaired) electrons. The molecule has 3 heteroatoms. The third kappa shape index (κ3) is 2.86. The SMILES string of the molecule is CC(O)CCCN1C(=O)CCc2ccccc21. The molecule has 1 N–H and O–H groups in total. The van der Waals surface area contributed by atoms with Gasteiger partial charge in [-0.1, -0.05) is 18.2 Å². The van der Waals surface area contributed by atoms with Gasteiger partial charge in [-0.3, -0.25) is 4.79 Å². The van der Waals surface area contributed by atoms with E-state index in [1.165, 1.54) is 5.56 Å². The van der Waals surface area contributed by atoms with E-state index >= 15 is 0 Å². The van der Waals surface area contributed by atoms with Crippen molar-refractivity contribution < 1.29 is 9.90 Å². The van der Waals surface area contributed by atoms with Crippen LogP contribution < -0.4 is 4.90 Å². The number of nitrogens with zero attached hydrogens (tertiary/aromatic N) is 1. The van der Waals surface area contributed by atoms with Crippen LogP contribution in [0.3, 0.4) is 0 Å². The molecule has 1 aromatic rings. The van der Waals surface area contributed by atoms with E-state index < -0.39 is 0 Å². The van der Waals surface area contributed by atoms with Crippen LogP contribution in [0.2, 0.25) is 0 Å². The van der Waals surface area contributed by atoms with Gasteiger partial charge in [0.2, 0.25) is 5.91 Å². The normalized spacial score (nSPS) is 16.8. The lowest BCUT2D eigenvalue weighted by atomic mass is 10.0. The van der Waals surface area contributed by atoms with E-state index in [4.69, 9.17) is 0 Å². The molecular weight excluding hydrogens is 214 g/mol. The summed E-state index contributed by atoms with van der Waals surface area (Å²) in [6.07, 6.45) is 2.75. The molecule has 1 heterocycles. The molecule has 0 aliphatic carbocycles. The Morgan fingerprint density at radius 1 is 1.35 bits per heavy atom. The Balaban J connectivity index is 2.07. The lowest BCUT2D eigenvalue weighted by molar-refractivity contribution is -0.118. The number of fused-ring (bicyclic) bond motifs is 1. The number of rotatable bonds is 4. The van der Waals surface area contributed by atoms with Gasteiger partial charge in [-0.15, -0.1) is 0 Å². The molecule has 17 heavy (non-hydrogen) atoms. The third-order valence-electron chi connectivity index (χ3n) is 3.20. The van der Waals surface area contributed by atoms with Crippen LogP contribution in [0.15, 0.2) is 24.3 Å². The minimum absolute atomic E-state index is 0.203. The quantitative estimate of drug-likeness (QED) is 0.865. The summed E-state index contributed by atoms with van der Waals surface area (Å²) < 4.78 is 0. The maximum absolute atomic E-state index is 11.9. The Bertz CT molecular complexity index is 401. The Hall–Kier alpha value is -1.35. The molecule has 3 nitrogen and oxygen atoms in total. The first-order chi connectivity index (χ1) is 8.18. The number of benzene rings is 1. The van der Waals surface area contributed by atoms with Gasteiger partial charge in [0.25, 0.3) is 0 Å². The van der Waals surface area contributed by atoms with Crippen LogP contribution in [-0.2, 0) is 11.2 Å². The number of amides is 1. The standard InChI is InChI=1S/C14H19NO2/c1-11(16)5-4-10-15-13-7-3-2-6-12(13)8-9-14(15)17/h2-3,6-7,11,16H,4-5,8-10H2,1H3. The average Bonchev–Trinajstić information content (AvgIpc) is 2.32. The predicted octanol–water partition coefficient (Wildman–Crippen LogP) is 2.13. The zero-order valence-corrected chi connectivity index (χ0v) is 10.2. The van der Waals surface area contributed by atoms with Gasteiger partial charge in [0.1, 0.15) is 0 Å². The first kappa shape index (κ1) is 12.1. The molecule has 0 bridgehead atoms. The largest absolute Gasteiger partial charge is 0.393 e. The zero-order chi connectivity index (χ0) is 12.3. The monoisotopic (exact) mass is 233 g/mol. The van der Waals surface area contributed by atoms with Crippen molar-refractivity contribution in [2.45, 2.75) is 38.7 Å². The van der Waals surface area contributed by atoms with Gasteiger partial charge in [0, 0.05) is 18.7 Å². The molecule has 0 saturated carbocycles. The van der Waals surface area contributed by atoms with Gasteiger partial charge in [0.15, 0.2) is 0 Å². The van der Waals surface area contributed by atoms with Crippen molar-refractivity contribution in [3.63, 3.8) is 0 Å². The summed E-state index contributed by atoms with van der Waals surface area (Å²) in [6.45, 7) is 2.49. The van der Waals surface area contributed by atoms with Crippen LogP contribution in [0.25, 0.3) is 0 Å². The van der Waals surface area contributed by atoms with Crippen molar-refractivity contribution in [1.82, 2.24) is 0 Å². The molecule has 0 aromatic heterocycles. The summed E-state index contributed by atoms with van der Waals surface area (Å²) >= 11 is 0. The van der Waals surface area contributed by atoms with Crippen molar-refractivity contribution in [2.24, 2.45) is 0 Å². The van der Waals surface area contributed by atoms with Gasteiger partial charge in [-0.25, -0.2) is 0 Å². The van der Waals surface area contributed by atoms with Gasteiger partial charge < -0.3 is 10.0 Å². The lowest BCUT2D eigenvalue weighted by Crippen LogP contribution is -2.36. The highest BCUT2D eigenvalue weighted by Gasteiger charge is 2.22. The van der Waals surface area contributed by atoms with Crippen LogP contribution in [0.1, 0.15) is 31.7 Å². The van der Waals surface area contributed by atoms with Crippen molar-refractivity contribution in [3.05, 3.63) is 29.8 Å². The first-order valence-electron chi connectivity index (χ1n) is 6.25. The van der Waals surface area contributed by atoms with Crippen LogP contribution in [0.5, 0.6) is 0 Å². The maximum atomic E-state index is 11.9. The van der Waals surface area contributed by atoms with Crippen molar-refractivity contribution in [2.75, 3.05) is 11.4 Å². The Kier molecular flexibility index (Phi) is 3.79. The second kappa shape index (κ2) is 5.32. The fourth-order valence-electron chi connectivity index (χ4n) is 2.29. The molecule has 92 valence electrons. The molecule has 1 atom stereocenters. The van der Waals surface area contributed by atoms with Crippen molar-refractivity contribution >= 4 is 11.6 Å². The first-order valence-corrected chi connectivity index (χ1v) is 6.25. The van der Waals surface area contributed by atoms with E-state index in [-0.39, 0.29) is 12.0 Å². The molecule has 0 saturated heterocycles. The van der Waals surface area contributed by atoms with Gasteiger partial charge in [0.05, 0.1) is 6.10 Å². The maximum Gasteiger partial charge on any atom is 0.227 e. The number of para-hydroxylation sites is 1. The summed E-state index contributed by atoms with van der Waals surface area (Å²) in [5, 5.41) is 9.24. The highest BCUT2D eigenvalue weighted by atomic mass is 16.3. The van der Waals surface area contributed by atoms with E-state index in [1.807, 2.05) is 23.1 Å². The van der Waals surface area contributed by atoms with E-state index in [2.05, 4.69) is 6.07 Å². The molecule has 0 fully saturated rings. The number of aryl methyl sites for hydroxylation is 1. The summed E-state index contributed by atoms with van der Waals surface area (Å²) in [5.74, 6) is 0.203. The van der Waals surface area contributed by atoms with E-state index in [0.29, 0.717) is 13.0 Å². The summed E-state index contributed by atoms with van der Waals surface area (Å²) in [7, 11) is 0. The molecule has 1 amide bonds. The number of anilines is 1. The number of aliphatic hydroxyl groups excluding tert-OH is 1. The van der Waals surface area contributed by atoms with Crippen LogP contribution >= 0.6 is 0 Å². The third-order valence-corrected chi connectivity index (χ3v) is 3.20. The van der Waals surface area contributed by atoms with E-state index in [1.54, 1.807) is 6.92 Å². The van der Waals surface area contributed by atoms with Crippen molar-refractivity contribution in [1.29, 1.82) is 0 Å². The molecule has 1 aliphatic rings. The van der Waals surface area contributed by atoms with Gasteiger partial charge >= 0.3 is 0 Å². The zero-order valence-electron chi connectivity index (χ0n) is 10.2. The number of aliphatic hydroxyl groups is 1. The molecule has 1 aromatic carbocycles. The van der Waals surface area contributed by atoms with Crippen LogP contribution in [0.4, 0.5) is 5.69 Å². The topological polar surface area (TPSA) is 40.5 Å². The van der Waals surface area contributed by atoms with Crippen LogP contribution in [-0.4, -0.2) is 23.7 Å². The second-order valence-corrected chi connectivity index (χ2v) is 4.67.